The fraction of sp³-hybridized carbons (Fsp3) is 0.111. The summed E-state index contributed by atoms with van der Waals surface area (Å²) in [6.07, 6.45) is 0. The Bertz CT molecular complexity index is 599. The molecule has 4 N–H and O–H groups in total. The molecule has 7 nitrogen and oxygen atoms in total. The Morgan fingerprint density at radius 2 is 2.00 bits per heavy atom. The number of aromatic carboxylic acids is 1. The van der Waals surface area contributed by atoms with E-state index in [0.717, 1.165) is 6.07 Å². The quantitative estimate of drug-likeness (QED) is 0.654. The Hall–Kier alpha value is -2.00. The first-order valence-electron chi connectivity index (χ1n) is 4.55. The van der Waals surface area contributed by atoms with Gasteiger partial charge in [0, 0.05) is 0 Å². The number of benzene rings is 1. The molecule has 0 radical (unpaired) electrons. The van der Waals surface area contributed by atoms with Crippen molar-refractivity contribution in [3.63, 3.8) is 0 Å². The predicted octanol–water partition coefficient (Wildman–Crippen LogP) is -0.712. The van der Waals surface area contributed by atoms with Gasteiger partial charge < -0.3 is 10.8 Å². The predicted molar refractivity (Wildman–Crippen MR) is 57.7 cm³/mol. The third-order valence-electron chi connectivity index (χ3n) is 1.91. The Labute approximate surface area is 101 Å². The molecular formula is C9H9FN2O5S. The number of sulfonamides is 1. The molecule has 98 valence electrons. The Balaban J connectivity index is 3.14. The van der Waals surface area contributed by atoms with Crippen LogP contribution in [0.3, 0.4) is 0 Å². The second-order valence-electron chi connectivity index (χ2n) is 3.24. The molecule has 0 unspecified atom stereocenters. The van der Waals surface area contributed by atoms with E-state index in [4.69, 9.17) is 10.8 Å². The van der Waals surface area contributed by atoms with Gasteiger partial charge in [0.2, 0.25) is 15.9 Å². The van der Waals surface area contributed by atoms with Crippen LogP contribution in [0, 0.1) is 5.82 Å². The molecule has 0 saturated carbocycles. The van der Waals surface area contributed by atoms with Crippen molar-refractivity contribution in [2.45, 2.75) is 4.90 Å². The van der Waals surface area contributed by atoms with Crippen molar-refractivity contribution in [3.8, 4) is 0 Å². The van der Waals surface area contributed by atoms with Gasteiger partial charge in [0.1, 0.15) is 5.82 Å². The zero-order valence-electron chi connectivity index (χ0n) is 8.88. The molecule has 0 fully saturated rings. The highest BCUT2D eigenvalue weighted by Crippen LogP contribution is 2.14. The normalized spacial score (nSPS) is 11.2. The van der Waals surface area contributed by atoms with Crippen LogP contribution in [-0.4, -0.2) is 31.9 Å². The topological polar surface area (TPSA) is 127 Å². The summed E-state index contributed by atoms with van der Waals surface area (Å²) in [4.78, 5) is 20.6. The van der Waals surface area contributed by atoms with Crippen molar-refractivity contribution in [2.75, 3.05) is 6.54 Å². The molecule has 0 aliphatic heterocycles. The lowest BCUT2D eigenvalue weighted by atomic mass is 10.2. The molecule has 1 amide bonds. The van der Waals surface area contributed by atoms with Crippen LogP contribution < -0.4 is 10.5 Å². The van der Waals surface area contributed by atoms with Crippen LogP contribution in [0.4, 0.5) is 4.39 Å². The molecule has 0 heterocycles. The van der Waals surface area contributed by atoms with E-state index in [2.05, 4.69) is 0 Å². The lowest BCUT2D eigenvalue weighted by Gasteiger charge is -2.06. The summed E-state index contributed by atoms with van der Waals surface area (Å²) in [6.45, 7) is -0.637. The molecular weight excluding hydrogens is 267 g/mol. The minimum absolute atomic E-state index is 0.470. The summed E-state index contributed by atoms with van der Waals surface area (Å²) < 4.78 is 38.1. The van der Waals surface area contributed by atoms with Crippen molar-refractivity contribution in [1.82, 2.24) is 4.72 Å². The molecule has 1 rings (SSSR count). The highest BCUT2D eigenvalue weighted by Gasteiger charge is 2.19. The molecule has 0 atom stereocenters. The molecule has 0 aromatic heterocycles. The van der Waals surface area contributed by atoms with Gasteiger partial charge >= 0.3 is 5.97 Å². The van der Waals surface area contributed by atoms with Gasteiger partial charge in [-0.3, -0.25) is 4.79 Å². The van der Waals surface area contributed by atoms with E-state index in [1.165, 1.54) is 0 Å². The average molecular weight is 276 g/mol. The second-order valence-corrected chi connectivity index (χ2v) is 5.00. The van der Waals surface area contributed by atoms with Gasteiger partial charge in [-0.05, 0) is 18.2 Å². The summed E-state index contributed by atoms with van der Waals surface area (Å²) in [6, 6.07) is 2.24. The van der Waals surface area contributed by atoms with Crippen molar-refractivity contribution < 1.29 is 27.5 Å². The van der Waals surface area contributed by atoms with Gasteiger partial charge in [0.05, 0.1) is 17.0 Å². The van der Waals surface area contributed by atoms with E-state index in [-0.39, 0.29) is 0 Å². The van der Waals surface area contributed by atoms with Gasteiger partial charge in [0.15, 0.2) is 0 Å². The van der Waals surface area contributed by atoms with Gasteiger partial charge in [0.25, 0.3) is 0 Å². The number of hydrogen-bond donors (Lipinski definition) is 3. The molecule has 0 spiro atoms. The van der Waals surface area contributed by atoms with Crippen molar-refractivity contribution in [2.24, 2.45) is 5.73 Å². The zero-order valence-corrected chi connectivity index (χ0v) is 9.70. The molecule has 18 heavy (non-hydrogen) atoms. The van der Waals surface area contributed by atoms with E-state index in [1.807, 2.05) is 4.72 Å². The number of primary amides is 1. The number of nitrogens with two attached hydrogens (primary N) is 1. The number of carboxylic acids is 1. The molecule has 9 heteroatoms. The molecule has 1 aromatic carbocycles. The fourth-order valence-corrected chi connectivity index (χ4v) is 2.10. The number of hydrogen-bond acceptors (Lipinski definition) is 4. The van der Waals surface area contributed by atoms with E-state index < -0.39 is 44.7 Å². The van der Waals surface area contributed by atoms with Crippen molar-refractivity contribution >= 4 is 21.9 Å². The van der Waals surface area contributed by atoms with Gasteiger partial charge in [-0.2, -0.15) is 0 Å². The van der Waals surface area contributed by atoms with Crippen LogP contribution in [0.5, 0.6) is 0 Å². The summed E-state index contributed by atoms with van der Waals surface area (Å²) in [5.74, 6) is -3.56. The number of nitrogens with one attached hydrogen (secondary N) is 1. The minimum atomic E-state index is -4.11. The van der Waals surface area contributed by atoms with Crippen LogP contribution in [-0.2, 0) is 14.8 Å². The molecule has 0 bridgehead atoms. The van der Waals surface area contributed by atoms with Crippen LogP contribution in [0.2, 0.25) is 0 Å². The summed E-state index contributed by atoms with van der Waals surface area (Å²) >= 11 is 0. The smallest absolute Gasteiger partial charge is 0.338 e. The molecule has 0 saturated heterocycles. The lowest BCUT2D eigenvalue weighted by Crippen LogP contribution is -2.33. The third kappa shape index (κ3) is 3.25. The standard InChI is InChI=1S/C9H9FN2O5S/c10-7-2-1-5(3-6(7)9(14)15)18(16,17)12-4-8(11)13/h1-3,12H,4H2,(H2,11,13)(H,14,15). The van der Waals surface area contributed by atoms with Crippen molar-refractivity contribution in [1.29, 1.82) is 0 Å². The second kappa shape index (κ2) is 5.10. The first-order chi connectivity index (χ1) is 8.24. The summed E-state index contributed by atoms with van der Waals surface area (Å²) in [5, 5.41) is 8.64. The highest BCUT2D eigenvalue weighted by atomic mass is 32.2. The number of carboxylic acid groups (broad SMARTS) is 1. The van der Waals surface area contributed by atoms with Gasteiger partial charge in [-0.1, -0.05) is 0 Å². The van der Waals surface area contributed by atoms with Crippen LogP contribution in [0.15, 0.2) is 23.1 Å². The van der Waals surface area contributed by atoms with Crippen LogP contribution in [0.1, 0.15) is 10.4 Å². The van der Waals surface area contributed by atoms with E-state index in [0.29, 0.717) is 12.1 Å². The van der Waals surface area contributed by atoms with Crippen molar-refractivity contribution in [3.05, 3.63) is 29.6 Å². The number of halogens is 1. The fourth-order valence-electron chi connectivity index (χ4n) is 1.08. The largest absolute Gasteiger partial charge is 0.478 e. The lowest BCUT2D eigenvalue weighted by molar-refractivity contribution is -0.116. The molecule has 1 aromatic rings. The number of carbonyl (C=O) groups excluding carboxylic acids is 1. The van der Waals surface area contributed by atoms with Gasteiger partial charge in [-0.25, -0.2) is 22.3 Å². The maximum Gasteiger partial charge on any atom is 0.338 e. The van der Waals surface area contributed by atoms with E-state index >= 15 is 0 Å². The molecule has 0 aliphatic rings. The van der Waals surface area contributed by atoms with E-state index in [1.54, 1.807) is 0 Å². The van der Waals surface area contributed by atoms with Gasteiger partial charge in [-0.15, -0.1) is 0 Å². The summed E-state index contributed by atoms with van der Waals surface area (Å²) in [5.41, 5.74) is 3.98. The maximum atomic E-state index is 13.1. The third-order valence-corrected chi connectivity index (χ3v) is 3.31. The minimum Gasteiger partial charge on any atom is -0.478 e. The van der Waals surface area contributed by atoms with E-state index in [9.17, 15) is 22.4 Å². The number of carbonyl (C=O) groups is 2. The van der Waals surface area contributed by atoms with Crippen LogP contribution >= 0.6 is 0 Å². The zero-order chi connectivity index (χ0) is 13.9. The number of rotatable bonds is 5. The average Bonchev–Trinajstić information content (AvgIpc) is 2.26. The Kier molecular flexibility index (Phi) is 3.99. The highest BCUT2D eigenvalue weighted by molar-refractivity contribution is 7.89. The Morgan fingerprint density at radius 3 is 2.50 bits per heavy atom. The molecule has 0 aliphatic carbocycles. The monoisotopic (exact) mass is 276 g/mol. The first kappa shape index (κ1) is 14.1. The van der Waals surface area contributed by atoms with Crippen LogP contribution in [0.25, 0.3) is 0 Å². The summed E-state index contributed by atoms with van der Waals surface area (Å²) in [7, 11) is -4.11. The number of amides is 1. The maximum absolute atomic E-state index is 13.1. The Morgan fingerprint density at radius 1 is 1.39 bits per heavy atom. The first-order valence-corrected chi connectivity index (χ1v) is 6.03. The SMILES string of the molecule is NC(=O)CNS(=O)(=O)c1ccc(F)c(C(=O)O)c1.